The number of carbonyl (C=O) groups excluding carboxylic acids is 2. The molecule has 6 nitrogen and oxygen atoms in total. The zero-order valence-electron chi connectivity index (χ0n) is 22.3. The summed E-state index contributed by atoms with van der Waals surface area (Å²) in [5.74, 6) is 0.360. The summed E-state index contributed by atoms with van der Waals surface area (Å²) in [5.41, 5.74) is 3.67. The van der Waals surface area contributed by atoms with Crippen LogP contribution in [0, 0.1) is 5.92 Å². The molecule has 0 N–H and O–H groups in total. The van der Waals surface area contributed by atoms with Gasteiger partial charge in [0.05, 0.1) is 18.8 Å². The Morgan fingerprint density at radius 2 is 1.63 bits per heavy atom. The molecule has 38 heavy (non-hydrogen) atoms. The third kappa shape index (κ3) is 9.85. The van der Waals surface area contributed by atoms with Gasteiger partial charge in [-0.3, -0.25) is 4.79 Å². The SMILES string of the molecule is CCOC(=O)CCCCC(C=Cc1cccnc1OCc1ccccc1)Cc1ccc(C(=O)OCC)cc1. The lowest BCUT2D eigenvalue weighted by atomic mass is 9.92. The molecule has 0 aliphatic heterocycles. The van der Waals surface area contributed by atoms with Gasteiger partial charge in [0.1, 0.15) is 6.61 Å². The summed E-state index contributed by atoms with van der Waals surface area (Å²) >= 11 is 0. The molecule has 0 bridgehead atoms. The number of carbonyl (C=O) groups is 2. The van der Waals surface area contributed by atoms with Crippen LogP contribution >= 0.6 is 0 Å². The Kier molecular flexibility index (Phi) is 12.1. The Morgan fingerprint density at radius 3 is 2.37 bits per heavy atom. The van der Waals surface area contributed by atoms with Gasteiger partial charge in [0.25, 0.3) is 0 Å². The molecule has 3 rings (SSSR count). The molecular weight excluding hydrogens is 478 g/mol. The van der Waals surface area contributed by atoms with Crippen molar-refractivity contribution < 1.29 is 23.8 Å². The molecule has 1 atom stereocenters. The molecule has 0 aliphatic rings. The van der Waals surface area contributed by atoms with Crippen LogP contribution in [0.3, 0.4) is 0 Å². The highest BCUT2D eigenvalue weighted by molar-refractivity contribution is 5.89. The molecule has 2 aromatic carbocycles. The van der Waals surface area contributed by atoms with Crippen LogP contribution in [0.25, 0.3) is 6.08 Å². The number of unbranched alkanes of at least 4 members (excludes halogenated alkanes) is 1. The Labute approximate surface area is 225 Å². The van der Waals surface area contributed by atoms with Crippen molar-refractivity contribution in [3.63, 3.8) is 0 Å². The Morgan fingerprint density at radius 1 is 0.868 bits per heavy atom. The van der Waals surface area contributed by atoms with Gasteiger partial charge in [-0.1, -0.05) is 61.0 Å². The van der Waals surface area contributed by atoms with E-state index < -0.39 is 0 Å². The summed E-state index contributed by atoms with van der Waals surface area (Å²) in [6.07, 6.45) is 9.82. The molecule has 0 aliphatic carbocycles. The van der Waals surface area contributed by atoms with Crippen molar-refractivity contribution in [2.24, 2.45) is 5.92 Å². The molecule has 1 aromatic heterocycles. The van der Waals surface area contributed by atoms with Gasteiger partial charge in [-0.15, -0.1) is 0 Å². The first-order valence-corrected chi connectivity index (χ1v) is 13.3. The maximum atomic E-state index is 12.0. The lowest BCUT2D eigenvalue weighted by Gasteiger charge is -2.14. The highest BCUT2D eigenvalue weighted by Gasteiger charge is 2.11. The minimum Gasteiger partial charge on any atom is -0.472 e. The number of allylic oxidation sites excluding steroid dienone is 1. The Bertz CT molecular complexity index is 1160. The van der Waals surface area contributed by atoms with E-state index in [0.717, 1.165) is 42.4 Å². The lowest BCUT2D eigenvalue weighted by molar-refractivity contribution is -0.143. The second kappa shape index (κ2) is 16.0. The van der Waals surface area contributed by atoms with Crippen LogP contribution in [0.15, 0.2) is 79.0 Å². The van der Waals surface area contributed by atoms with Crippen LogP contribution in [0.1, 0.15) is 66.6 Å². The largest absolute Gasteiger partial charge is 0.472 e. The van der Waals surface area contributed by atoms with E-state index >= 15 is 0 Å². The van der Waals surface area contributed by atoms with Crippen LogP contribution in [0.2, 0.25) is 0 Å². The van der Waals surface area contributed by atoms with Crippen LogP contribution in [-0.4, -0.2) is 30.1 Å². The van der Waals surface area contributed by atoms with E-state index in [1.165, 1.54) is 0 Å². The van der Waals surface area contributed by atoms with E-state index in [1.54, 1.807) is 13.1 Å². The van der Waals surface area contributed by atoms with E-state index in [9.17, 15) is 9.59 Å². The highest BCUT2D eigenvalue weighted by Crippen LogP contribution is 2.23. The second-order valence-electron chi connectivity index (χ2n) is 8.96. The molecule has 0 radical (unpaired) electrons. The van der Waals surface area contributed by atoms with Crippen molar-refractivity contribution in [1.29, 1.82) is 0 Å². The fourth-order valence-electron chi connectivity index (χ4n) is 4.09. The topological polar surface area (TPSA) is 74.7 Å². The van der Waals surface area contributed by atoms with Crippen LogP contribution in [-0.2, 0) is 27.3 Å². The number of nitrogens with zero attached hydrogens (tertiary/aromatic N) is 1. The van der Waals surface area contributed by atoms with Gasteiger partial charge in [-0.25, -0.2) is 9.78 Å². The fourth-order valence-corrected chi connectivity index (χ4v) is 4.09. The van der Waals surface area contributed by atoms with Crippen molar-refractivity contribution in [2.75, 3.05) is 13.2 Å². The summed E-state index contributed by atoms with van der Waals surface area (Å²) in [7, 11) is 0. The normalized spacial score (nSPS) is 11.7. The Hall–Kier alpha value is -3.93. The first-order valence-electron chi connectivity index (χ1n) is 13.3. The number of hydrogen-bond acceptors (Lipinski definition) is 6. The molecule has 200 valence electrons. The van der Waals surface area contributed by atoms with Crippen molar-refractivity contribution in [3.8, 4) is 5.88 Å². The summed E-state index contributed by atoms with van der Waals surface area (Å²) < 4.78 is 16.2. The fraction of sp³-hybridized carbons (Fsp3) is 0.344. The summed E-state index contributed by atoms with van der Waals surface area (Å²) in [4.78, 5) is 28.2. The van der Waals surface area contributed by atoms with E-state index in [1.807, 2.05) is 73.7 Å². The molecule has 0 amide bonds. The number of ether oxygens (including phenoxy) is 3. The maximum absolute atomic E-state index is 12.0. The second-order valence-corrected chi connectivity index (χ2v) is 8.96. The minimum atomic E-state index is -0.311. The number of pyridine rings is 1. The minimum absolute atomic E-state index is 0.148. The average Bonchev–Trinajstić information content (AvgIpc) is 2.94. The monoisotopic (exact) mass is 515 g/mol. The smallest absolute Gasteiger partial charge is 0.338 e. The van der Waals surface area contributed by atoms with Crippen LogP contribution < -0.4 is 4.74 Å². The van der Waals surface area contributed by atoms with E-state index in [4.69, 9.17) is 14.2 Å². The number of hydrogen-bond donors (Lipinski definition) is 0. The molecule has 1 heterocycles. The molecule has 0 saturated carbocycles. The predicted octanol–water partition coefficient (Wildman–Crippen LogP) is 6.83. The first-order chi connectivity index (χ1) is 18.6. The molecule has 1 unspecified atom stereocenters. The zero-order valence-corrected chi connectivity index (χ0v) is 22.3. The van der Waals surface area contributed by atoms with Crippen molar-refractivity contribution in [1.82, 2.24) is 4.98 Å². The van der Waals surface area contributed by atoms with Crippen molar-refractivity contribution >= 4 is 18.0 Å². The molecular formula is C32H37NO5. The van der Waals surface area contributed by atoms with Gasteiger partial charge in [0, 0.05) is 18.2 Å². The van der Waals surface area contributed by atoms with Gasteiger partial charge in [0.15, 0.2) is 0 Å². The standard InChI is InChI=1S/C32H37NO5/c1-3-36-30(34)15-9-8-11-25(23-26-17-20-29(21-18-26)32(35)37-4-2)16-19-28-14-10-22-33-31(28)38-24-27-12-6-5-7-13-27/h5-7,10,12-14,16-22,25H,3-4,8-9,11,15,23-24H2,1-2H3. The lowest BCUT2D eigenvalue weighted by Crippen LogP contribution is -2.06. The van der Waals surface area contributed by atoms with Crippen LogP contribution in [0.5, 0.6) is 5.88 Å². The number of benzene rings is 2. The molecule has 0 spiro atoms. The molecule has 0 fully saturated rings. The van der Waals surface area contributed by atoms with Gasteiger partial charge in [-0.2, -0.15) is 0 Å². The number of esters is 2. The quantitative estimate of drug-likeness (QED) is 0.163. The van der Waals surface area contributed by atoms with Gasteiger partial charge in [-0.05, 0) is 74.4 Å². The average molecular weight is 516 g/mol. The third-order valence-electron chi connectivity index (χ3n) is 6.04. The summed E-state index contributed by atoms with van der Waals surface area (Å²) in [6.45, 7) is 4.83. The van der Waals surface area contributed by atoms with Gasteiger partial charge < -0.3 is 14.2 Å². The molecule has 6 heteroatoms. The van der Waals surface area contributed by atoms with E-state index in [2.05, 4.69) is 17.1 Å². The van der Waals surface area contributed by atoms with E-state index in [-0.39, 0.29) is 17.9 Å². The first kappa shape index (κ1) is 28.6. The molecule has 0 saturated heterocycles. The van der Waals surface area contributed by atoms with Gasteiger partial charge in [0.2, 0.25) is 5.88 Å². The maximum Gasteiger partial charge on any atom is 0.338 e. The summed E-state index contributed by atoms with van der Waals surface area (Å²) in [5, 5.41) is 0. The van der Waals surface area contributed by atoms with Gasteiger partial charge >= 0.3 is 11.9 Å². The van der Waals surface area contributed by atoms with E-state index in [0.29, 0.717) is 37.7 Å². The van der Waals surface area contributed by atoms with Crippen LogP contribution in [0.4, 0.5) is 0 Å². The highest BCUT2D eigenvalue weighted by atomic mass is 16.5. The van der Waals surface area contributed by atoms with Crippen molar-refractivity contribution in [3.05, 3.63) is 101 Å². The number of aromatic nitrogens is 1. The number of rotatable bonds is 15. The zero-order chi connectivity index (χ0) is 27.0. The third-order valence-corrected chi connectivity index (χ3v) is 6.04. The predicted molar refractivity (Wildman–Crippen MR) is 149 cm³/mol. The van der Waals surface area contributed by atoms with Crippen molar-refractivity contribution in [2.45, 2.75) is 52.6 Å². The summed E-state index contributed by atoms with van der Waals surface area (Å²) in [6, 6.07) is 21.5. The molecule has 3 aromatic rings. The Balaban J connectivity index is 1.69.